The second-order valence-corrected chi connectivity index (χ2v) is 5.63. The Morgan fingerprint density at radius 1 is 1.14 bits per heavy atom. The Balaban J connectivity index is 2.21. The Morgan fingerprint density at radius 2 is 2.00 bits per heavy atom. The molecule has 0 bridgehead atoms. The Hall–Kier alpha value is -1.36. The van der Waals surface area contributed by atoms with E-state index in [-0.39, 0.29) is 0 Å². The molecule has 0 aliphatic rings. The first-order valence-electron chi connectivity index (χ1n) is 6.97. The highest BCUT2D eigenvalue weighted by atomic mass is 79.9. The predicted molar refractivity (Wildman–Crippen MR) is 88.8 cm³/mol. The van der Waals surface area contributed by atoms with Gasteiger partial charge in [0.05, 0.1) is 6.61 Å². The van der Waals surface area contributed by atoms with Gasteiger partial charge in [-0.15, -0.1) is 0 Å². The van der Waals surface area contributed by atoms with Crippen molar-refractivity contribution in [2.75, 3.05) is 13.7 Å². The van der Waals surface area contributed by atoms with Crippen molar-refractivity contribution in [3.8, 4) is 11.5 Å². The lowest BCUT2D eigenvalue weighted by molar-refractivity contribution is 0.184. The topological polar surface area (TPSA) is 30.5 Å². The maximum absolute atomic E-state index is 6.05. The highest BCUT2D eigenvalue weighted by molar-refractivity contribution is 9.10. The summed E-state index contributed by atoms with van der Waals surface area (Å²) in [7, 11) is 1.69. The molecule has 0 spiro atoms. The van der Waals surface area contributed by atoms with Crippen LogP contribution in [-0.4, -0.2) is 13.7 Å². The molecule has 0 radical (unpaired) electrons. The largest absolute Gasteiger partial charge is 0.457 e. The zero-order valence-electron chi connectivity index (χ0n) is 12.4. The first-order valence-corrected chi connectivity index (χ1v) is 7.77. The Bertz CT molecular complexity index is 587. The average molecular weight is 350 g/mol. The molecule has 4 heteroatoms. The van der Waals surface area contributed by atoms with E-state index in [2.05, 4.69) is 34.2 Å². The van der Waals surface area contributed by atoms with Crippen molar-refractivity contribution >= 4 is 15.9 Å². The van der Waals surface area contributed by atoms with E-state index in [1.54, 1.807) is 7.11 Å². The van der Waals surface area contributed by atoms with Crippen LogP contribution < -0.4 is 10.1 Å². The van der Waals surface area contributed by atoms with Gasteiger partial charge in [0, 0.05) is 23.7 Å². The molecule has 0 atom stereocenters. The van der Waals surface area contributed by atoms with Crippen LogP contribution in [0.5, 0.6) is 11.5 Å². The predicted octanol–water partition coefficient (Wildman–Crippen LogP) is 4.50. The lowest BCUT2D eigenvalue weighted by Gasteiger charge is -2.13. The number of hydrogen-bond donors (Lipinski definition) is 1. The van der Waals surface area contributed by atoms with Crippen LogP contribution >= 0.6 is 15.9 Å². The Kier molecular flexibility index (Phi) is 6.23. The van der Waals surface area contributed by atoms with Gasteiger partial charge in [-0.05, 0) is 36.4 Å². The fourth-order valence-electron chi connectivity index (χ4n) is 2.02. The zero-order chi connectivity index (χ0) is 15.1. The third kappa shape index (κ3) is 4.84. The minimum Gasteiger partial charge on any atom is -0.457 e. The van der Waals surface area contributed by atoms with Gasteiger partial charge in [-0.1, -0.05) is 41.1 Å². The third-order valence-corrected chi connectivity index (χ3v) is 3.53. The normalized spacial score (nSPS) is 10.6. The molecule has 0 aliphatic heterocycles. The van der Waals surface area contributed by atoms with E-state index < -0.39 is 0 Å². The highest BCUT2D eigenvalue weighted by Crippen LogP contribution is 2.29. The van der Waals surface area contributed by atoms with Crippen molar-refractivity contribution < 1.29 is 9.47 Å². The second kappa shape index (κ2) is 8.17. The summed E-state index contributed by atoms with van der Waals surface area (Å²) in [6, 6.07) is 14.1. The van der Waals surface area contributed by atoms with Crippen LogP contribution in [0.1, 0.15) is 18.1 Å². The van der Waals surface area contributed by atoms with E-state index >= 15 is 0 Å². The molecule has 3 nitrogen and oxygen atoms in total. The lowest BCUT2D eigenvalue weighted by Crippen LogP contribution is -2.12. The summed E-state index contributed by atoms with van der Waals surface area (Å²) in [5.74, 6) is 1.68. The van der Waals surface area contributed by atoms with E-state index in [4.69, 9.17) is 9.47 Å². The number of halogens is 1. The van der Waals surface area contributed by atoms with Gasteiger partial charge in [-0.3, -0.25) is 0 Å². The molecule has 1 N–H and O–H groups in total. The monoisotopic (exact) mass is 349 g/mol. The fraction of sp³-hybridized carbons (Fsp3) is 0.294. The van der Waals surface area contributed by atoms with Gasteiger partial charge in [0.2, 0.25) is 0 Å². The van der Waals surface area contributed by atoms with Gasteiger partial charge in [0.15, 0.2) is 0 Å². The van der Waals surface area contributed by atoms with Gasteiger partial charge < -0.3 is 14.8 Å². The van der Waals surface area contributed by atoms with Crippen LogP contribution in [0.3, 0.4) is 0 Å². The van der Waals surface area contributed by atoms with Gasteiger partial charge in [0.25, 0.3) is 0 Å². The van der Waals surface area contributed by atoms with Crippen LogP contribution in [0.4, 0.5) is 0 Å². The molecule has 112 valence electrons. The Morgan fingerprint density at radius 3 is 2.76 bits per heavy atom. The summed E-state index contributed by atoms with van der Waals surface area (Å²) in [6.07, 6.45) is 0. The number of ether oxygens (including phenoxy) is 2. The molecule has 0 fully saturated rings. The molecule has 0 aromatic heterocycles. The van der Waals surface area contributed by atoms with Crippen LogP contribution in [-0.2, 0) is 17.9 Å². The first kappa shape index (κ1) is 16.0. The lowest BCUT2D eigenvalue weighted by atomic mass is 10.2. The highest BCUT2D eigenvalue weighted by Gasteiger charge is 2.06. The van der Waals surface area contributed by atoms with Crippen molar-refractivity contribution in [1.29, 1.82) is 0 Å². The van der Waals surface area contributed by atoms with Crippen molar-refractivity contribution in [1.82, 2.24) is 5.32 Å². The van der Waals surface area contributed by atoms with Crippen molar-refractivity contribution in [3.05, 3.63) is 58.1 Å². The SMILES string of the molecule is CCNCc1ccc(Br)cc1Oc1cccc(COC)c1. The minimum absolute atomic E-state index is 0.583. The van der Waals surface area contributed by atoms with Gasteiger partial charge in [0.1, 0.15) is 11.5 Å². The molecule has 0 unspecified atom stereocenters. The summed E-state index contributed by atoms with van der Waals surface area (Å²) in [5, 5.41) is 3.33. The quantitative estimate of drug-likeness (QED) is 0.798. The van der Waals surface area contributed by atoms with Crippen molar-refractivity contribution in [2.24, 2.45) is 0 Å². The molecule has 2 rings (SSSR count). The van der Waals surface area contributed by atoms with Crippen LogP contribution in [0.15, 0.2) is 46.9 Å². The minimum atomic E-state index is 0.583. The number of hydrogen-bond acceptors (Lipinski definition) is 3. The summed E-state index contributed by atoms with van der Waals surface area (Å²) in [6.45, 7) is 4.39. The van der Waals surface area contributed by atoms with Crippen LogP contribution in [0.2, 0.25) is 0 Å². The van der Waals surface area contributed by atoms with Crippen LogP contribution in [0.25, 0.3) is 0 Å². The number of benzene rings is 2. The number of nitrogens with one attached hydrogen (secondary N) is 1. The van der Waals surface area contributed by atoms with Gasteiger partial charge >= 0.3 is 0 Å². The molecule has 21 heavy (non-hydrogen) atoms. The van der Waals surface area contributed by atoms with Gasteiger partial charge in [-0.25, -0.2) is 0 Å². The second-order valence-electron chi connectivity index (χ2n) is 4.71. The maximum atomic E-state index is 6.05. The maximum Gasteiger partial charge on any atom is 0.133 e. The molecule has 2 aromatic rings. The number of methoxy groups -OCH3 is 1. The molecule has 0 aliphatic carbocycles. The van der Waals surface area contributed by atoms with E-state index in [1.165, 1.54) is 0 Å². The molecule has 0 saturated carbocycles. The summed E-state index contributed by atoms with van der Waals surface area (Å²) in [4.78, 5) is 0. The van der Waals surface area contributed by atoms with E-state index in [1.807, 2.05) is 36.4 Å². The first-order chi connectivity index (χ1) is 10.2. The number of rotatable bonds is 7. The molecule has 2 aromatic carbocycles. The van der Waals surface area contributed by atoms with E-state index in [0.29, 0.717) is 6.61 Å². The third-order valence-electron chi connectivity index (χ3n) is 3.03. The molecule has 0 saturated heterocycles. The summed E-state index contributed by atoms with van der Waals surface area (Å²) < 4.78 is 12.2. The Labute approximate surface area is 134 Å². The van der Waals surface area contributed by atoms with Crippen molar-refractivity contribution in [3.63, 3.8) is 0 Å². The van der Waals surface area contributed by atoms with Crippen molar-refractivity contribution in [2.45, 2.75) is 20.1 Å². The zero-order valence-corrected chi connectivity index (χ0v) is 13.9. The molecule has 0 heterocycles. The molecular weight excluding hydrogens is 330 g/mol. The smallest absolute Gasteiger partial charge is 0.133 e. The molecular formula is C17H20BrNO2. The fourth-order valence-corrected chi connectivity index (χ4v) is 2.36. The molecule has 0 amide bonds. The van der Waals surface area contributed by atoms with E-state index in [0.717, 1.165) is 40.2 Å². The summed E-state index contributed by atoms with van der Waals surface area (Å²) >= 11 is 3.50. The standard InChI is InChI=1S/C17H20BrNO2/c1-3-19-11-14-7-8-15(18)10-17(14)21-16-6-4-5-13(9-16)12-20-2/h4-10,19H,3,11-12H2,1-2H3. The van der Waals surface area contributed by atoms with E-state index in [9.17, 15) is 0 Å². The average Bonchev–Trinajstić information content (AvgIpc) is 2.47. The van der Waals surface area contributed by atoms with Gasteiger partial charge in [-0.2, -0.15) is 0 Å². The van der Waals surface area contributed by atoms with Crippen LogP contribution in [0, 0.1) is 0 Å². The summed E-state index contributed by atoms with van der Waals surface area (Å²) in [5.41, 5.74) is 2.23.